The molecule has 2 aliphatic carbocycles. The van der Waals surface area contributed by atoms with Gasteiger partial charge in [-0.3, -0.25) is 0 Å². The van der Waals surface area contributed by atoms with Crippen LogP contribution in [0.3, 0.4) is 0 Å². The fourth-order valence-electron chi connectivity index (χ4n) is 6.10. The second kappa shape index (κ2) is 13.9. The van der Waals surface area contributed by atoms with E-state index in [0.29, 0.717) is 33.3 Å². The smallest absolute Gasteiger partial charge is 0.179 e. The van der Waals surface area contributed by atoms with Gasteiger partial charge in [-0.05, 0) is 72.9 Å². The third-order valence-electron chi connectivity index (χ3n) is 8.30. The van der Waals surface area contributed by atoms with Crippen LogP contribution in [0, 0.1) is 0 Å². The van der Waals surface area contributed by atoms with Crippen molar-refractivity contribution in [2.75, 3.05) is 38.3 Å². The van der Waals surface area contributed by atoms with Gasteiger partial charge in [0.2, 0.25) is 0 Å². The number of anilines is 2. The first-order valence-electron chi connectivity index (χ1n) is 14.7. The molecular formula is C32H42N2O6S. The van der Waals surface area contributed by atoms with Gasteiger partial charge in [0.25, 0.3) is 0 Å². The number of hydrogen-bond acceptors (Lipinski definition) is 9. The van der Waals surface area contributed by atoms with Crippen molar-refractivity contribution >= 4 is 22.7 Å². The van der Waals surface area contributed by atoms with E-state index in [-0.39, 0.29) is 25.0 Å². The zero-order valence-electron chi connectivity index (χ0n) is 24.0. The largest absolute Gasteiger partial charge is 0.506 e. The molecule has 0 amide bonds. The van der Waals surface area contributed by atoms with Crippen molar-refractivity contribution in [1.29, 1.82) is 0 Å². The Kier molecular flexibility index (Phi) is 9.88. The van der Waals surface area contributed by atoms with Crippen molar-refractivity contribution in [2.24, 2.45) is 0 Å². The van der Waals surface area contributed by atoms with Crippen molar-refractivity contribution in [3.8, 4) is 33.1 Å². The summed E-state index contributed by atoms with van der Waals surface area (Å²) in [6.07, 6.45) is 12.0. The molecule has 0 radical (unpaired) electrons. The summed E-state index contributed by atoms with van der Waals surface area (Å²) in [5.41, 5.74) is 3.55. The summed E-state index contributed by atoms with van der Waals surface area (Å²) in [6.45, 7) is 0.401. The highest BCUT2D eigenvalue weighted by Crippen LogP contribution is 2.43. The van der Waals surface area contributed by atoms with Gasteiger partial charge in [-0.1, -0.05) is 49.9 Å². The summed E-state index contributed by atoms with van der Waals surface area (Å²) < 4.78 is 22.9. The number of ether oxygens (including phenoxy) is 4. The predicted octanol–water partition coefficient (Wildman–Crippen LogP) is 8.17. The Labute approximate surface area is 246 Å². The first kappa shape index (κ1) is 29.0. The topological polar surface area (TPSA) is 101 Å². The van der Waals surface area contributed by atoms with E-state index >= 15 is 0 Å². The number of hydrogen-bond donors (Lipinski definition) is 4. The Balaban J connectivity index is 1.14. The Hall–Kier alpha value is -3.46. The maximum atomic E-state index is 10.5. The monoisotopic (exact) mass is 582 g/mol. The van der Waals surface area contributed by atoms with Crippen molar-refractivity contribution < 1.29 is 29.2 Å². The lowest BCUT2D eigenvalue weighted by molar-refractivity contribution is 0.352. The number of nitrogens with one attached hydrogen (secondary N) is 2. The van der Waals surface area contributed by atoms with Gasteiger partial charge in [0.1, 0.15) is 23.0 Å². The molecule has 4 N–H and O–H groups in total. The van der Waals surface area contributed by atoms with E-state index < -0.39 is 0 Å². The molecule has 2 aliphatic rings. The standard InChI is InChI=1S/C32H42N2O6S/c1-37-29-17-27(35)25(15-23(29)21-9-5-3-6-10-21)33-19-39-31-13-14-32(41-31)40-20-34-26-16-24(22-11-7-4-8-12-22)30(38-2)18-28(26)36/h13-18,21-22,33-36H,3-12,19-20H2,1-2H3. The highest BCUT2D eigenvalue weighted by Gasteiger charge is 2.22. The molecule has 0 aliphatic heterocycles. The highest BCUT2D eigenvalue weighted by molar-refractivity contribution is 7.15. The molecule has 0 spiro atoms. The fraction of sp³-hybridized carbons (Fsp3) is 0.500. The second-order valence-corrected chi connectivity index (χ2v) is 11.9. The van der Waals surface area contributed by atoms with E-state index in [0.717, 1.165) is 48.3 Å². The number of aromatic hydroxyl groups is 2. The molecule has 0 bridgehead atoms. The minimum Gasteiger partial charge on any atom is -0.506 e. The van der Waals surface area contributed by atoms with Crippen LogP contribution in [-0.4, -0.2) is 37.9 Å². The van der Waals surface area contributed by atoms with Gasteiger partial charge < -0.3 is 39.8 Å². The number of thiophene rings is 1. The lowest BCUT2D eigenvalue weighted by Crippen LogP contribution is -2.11. The molecule has 0 saturated heterocycles. The number of methoxy groups -OCH3 is 2. The van der Waals surface area contributed by atoms with Crippen molar-refractivity contribution in [3.63, 3.8) is 0 Å². The average Bonchev–Trinajstić information content (AvgIpc) is 3.46. The minimum atomic E-state index is 0.139. The molecule has 0 unspecified atom stereocenters. The van der Waals surface area contributed by atoms with Gasteiger partial charge >= 0.3 is 0 Å². The number of phenols is 2. The molecule has 2 aromatic carbocycles. The van der Waals surface area contributed by atoms with E-state index in [2.05, 4.69) is 10.6 Å². The summed E-state index contributed by atoms with van der Waals surface area (Å²) >= 11 is 1.39. The molecule has 1 heterocycles. The predicted molar refractivity (Wildman–Crippen MR) is 164 cm³/mol. The van der Waals surface area contributed by atoms with Crippen LogP contribution in [-0.2, 0) is 0 Å². The number of phenolic OH excluding ortho intramolecular Hbond substituents is 2. The molecule has 2 saturated carbocycles. The average molecular weight is 583 g/mol. The summed E-state index contributed by atoms with van der Waals surface area (Å²) in [5, 5.41) is 28.9. The van der Waals surface area contributed by atoms with E-state index in [1.807, 2.05) is 24.3 Å². The Bertz CT molecular complexity index is 1190. The number of benzene rings is 2. The van der Waals surface area contributed by atoms with Crippen LogP contribution in [0.2, 0.25) is 0 Å². The Morgan fingerprint density at radius 3 is 1.46 bits per heavy atom. The molecule has 222 valence electrons. The summed E-state index contributed by atoms with van der Waals surface area (Å²) in [5.74, 6) is 2.65. The van der Waals surface area contributed by atoms with Gasteiger partial charge in [-0.25, -0.2) is 0 Å². The first-order chi connectivity index (χ1) is 20.1. The van der Waals surface area contributed by atoms with Crippen LogP contribution in [0.25, 0.3) is 0 Å². The summed E-state index contributed by atoms with van der Waals surface area (Å²) in [7, 11) is 3.30. The van der Waals surface area contributed by atoms with E-state index in [1.165, 1.54) is 49.9 Å². The molecule has 2 fully saturated rings. The third kappa shape index (κ3) is 7.25. The highest BCUT2D eigenvalue weighted by atomic mass is 32.1. The van der Waals surface area contributed by atoms with Gasteiger partial charge in [-0.15, -0.1) is 0 Å². The molecule has 5 rings (SSSR count). The lowest BCUT2D eigenvalue weighted by atomic mass is 9.83. The van der Waals surface area contributed by atoms with Crippen molar-refractivity contribution in [1.82, 2.24) is 0 Å². The number of rotatable bonds is 12. The fourth-order valence-corrected chi connectivity index (χ4v) is 6.81. The Morgan fingerprint density at radius 1 is 0.659 bits per heavy atom. The van der Waals surface area contributed by atoms with Crippen LogP contribution < -0.4 is 29.6 Å². The molecule has 8 nitrogen and oxygen atoms in total. The lowest BCUT2D eigenvalue weighted by Gasteiger charge is -2.25. The second-order valence-electron chi connectivity index (χ2n) is 10.9. The molecule has 1 aromatic heterocycles. The first-order valence-corrected chi connectivity index (χ1v) is 15.5. The SMILES string of the molecule is COc1cc(O)c(NCOc2ccc(OCNc3cc(C4CCCCC4)c(OC)cc3O)s2)cc1C1CCCCC1. The summed E-state index contributed by atoms with van der Waals surface area (Å²) in [4.78, 5) is 0. The molecule has 0 atom stereocenters. The molecule has 9 heteroatoms. The molecule has 41 heavy (non-hydrogen) atoms. The van der Waals surface area contributed by atoms with Crippen LogP contribution in [0.15, 0.2) is 36.4 Å². The van der Waals surface area contributed by atoms with Crippen molar-refractivity contribution in [2.45, 2.75) is 76.0 Å². The van der Waals surface area contributed by atoms with E-state index in [9.17, 15) is 10.2 Å². The minimum absolute atomic E-state index is 0.139. The van der Waals surface area contributed by atoms with Crippen LogP contribution in [0.5, 0.6) is 33.1 Å². The zero-order chi connectivity index (χ0) is 28.6. The van der Waals surface area contributed by atoms with Gasteiger partial charge in [0.15, 0.2) is 23.6 Å². The van der Waals surface area contributed by atoms with Gasteiger partial charge in [-0.2, -0.15) is 0 Å². The van der Waals surface area contributed by atoms with Crippen LogP contribution >= 0.6 is 11.3 Å². The normalized spacial score (nSPS) is 16.2. The maximum absolute atomic E-state index is 10.5. The molecule has 3 aromatic rings. The van der Waals surface area contributed by atoms with Crippen molar-refractivity contribution in [3.05, 3.63) is 47.5 Å². The van der Waals surface area contributed by atoms with E-state index in [4.69, 9.17) is 18.9 Å². The quantitative estimate of drug-likeness (QED) is 0.125. The van der Waals surface area contributed by atoms with Crippen LogP contribution in [0.1, 0.15) is 87.2 Å². The maximum Gasteiger partial charge on any atom is 0.179 e. The molecular weight excluding hydrogens is 540 g/mol. The van der Waals surface area contributed by atoms with Gasteiger partial charge in [0, 0.05) is 12.1 Å². The van der Waals surface area contributed by atoms with Crippen LogP contribution in [0.4, 0.5) is 11.4 Å². The van der Waals surface area contributed by atoms with Gasteiger partial charge in [0.05, 0.1) is 25.6 Å². The Morgan fingerprint density at radius 2 is 1.07 bits per heavy atom. The zero-order valence-corrected chi connectivity index (χ0v) is 24.9. The summed E-state index contributed by atoms with van der Waals surface area (Å²) in [6, 6.07) is 11.1. The third-order valence-corrected chi connectivity index (χ3v) is 9.21. The van der Waals surface area contributed by atoms with E-state index in [1.54, 1.807) is 26.4 Å².